The molecule has 22 heavy (non-hydrogen) atoms. The van der Waals surface area contributed by atoms with E-state index in [1.54, 1.807) is 6.07 Å². The van der Waals surface area contributed by atoms with Crippen molar-refractivity contribution in [3.05, 3.63) is 47.0 Å². The van der Waals surface area contributed by atoms with Gasteiger partial charge in [0.25, 0.3) is 0 Å². The number of ether oxygens (including phenoxy) is 2. The summed E-state index contributed by atoms with van der Waals surface area (Å²) in [6.07, 6.45) is 3.32. The van der Waals surface area contributed by atoms with Crippen LogP contribution < -0.4 is 9.47 Å². The van der Waals surface area contributed by atoms with Crippen LogP contribution in [0, 0.1) is 0 Å². The van der Waals surface area contributed by atoms with Crippen molar-refractivity contribution < 1.29 is 14.3 Å². The number of hydrogen-bond acceptors (Lipinski definition) is 3. The topological polar surface area (TPSA) is 35.5 Å². The molecule has 1 aliphatic rings. The highest BCUT2D eigenvalue weighted by molar-refractivity contribution is 6.32. The molecule has 0 bridgehead atoms. The first-order chi connectivity index (χ1) is 10.7. The van der Waals surface area contributed by atoms with Crippen molar-refractivity contribution in [2.45, 2.75) is 25.9 Å². The molecule has 0 N–H and O–H groups in total. The van der Waals surface area contributed by atoms with Crippen LogP contribution in [0.25, 0.3) is 11.1 Å². The minimum Gasteiger partial charge on any atom is -0.493 e. The lowest BCUT2D eigenvalue weighted by molar-refractivity contribution is 0.112. The zero-order chi connectivity index (χ0) is 15.5. The van der Waals surface area contributed by atoms with Crippen molar-refractivity contribution in [2.24, 2.45) is 0 Å². The van der Waals surface area contributed by atoms with E-state index < -0.39 is 0 Å². The van der Waals surface area contributed by atoms with Crippen LogP contribution in [0.3, 0.4) is 0 Å². The van der Waals surface area contributed by atoms with Crippen molar-refractivity contribution in [3.63, 3.8) is 0 Å². The number of halogens is 1. The summed E-state index contributed by atoms with van der Waals surface area (Å²) in [4.78, 5) is 11.0. The molecule has 1 saturated carbocycles. The molecule has 2 aromatic carbocycles. The van der Waals surface area contributed by atoms with Gasteiger partial charge in [-0.05, 0) is 55.2 Å². The van der Waals surface area contributed by atoms with E-state index in [-0.39, 0.29) is 0 Å². The van der Waals surface area contributed by atoms with E-state index >= 15 is 0 Å². The Kier molecular flexibility index (Phi) is 4.34. The number of hydrogen-bond donors (Lipinski definition) is 0. The van der Waals surface area contributed by atoms with Crippen LogP contribution in [0.15, 0.2) is 36.4 Å². The summed E-state index contributed by atoms with van der Waals surface area (Å²) < 4.78 is 11.3. The fraction of sp³-hybridized carbons (Fsp3) is 0.278. The summed E-state index contributed by atoms with van der Waals surface area (Å²) in [7, 11) is 0. The van der Waals surface area contributed by atoms with Gasteiger partial charge < -0.3 is 9.47 Å². The van der Waals surface area contributed by atoms with E-state index in [0.29, 0.717) is 29.0 Å². The molecule has 2 aromatic rings. The third-order valence-corrected chi connectivity index (χ3v) is 3.82. The zero-order valence-corrected chi connectivity index (χ0v) is 13.1. The molecule has 0 spiro atoms. The molecule has 1 fully saturated rings. The molecule has 0 saturated heterocycles. The number of carbonyl (C=O) groups excluding carboxylic acids is 1. The van der Waals surface area contributed by atoms with Gasteiger partial charge in [0.1, 0.15) is 11.5 Å². The van der Waals surface area contributed by atoms with E-state index in [0.717, 1.165) is 36.0 Å². The molecule has 0 unspecified atom stereocenters. The van der Waals surface area contributed by atoms with Crippen molar-refractivity contribution in [3.8, 4) is 22.6 Å². The molecular formula is C18H17ClO3. The lowest BCUT2D eigenvalue weighted by Crippen LogP contribution is -1.97. The Balaban J connectivity index is 1.91. The van der Waals surface area contributed by atoms with Crippen molar-refractivity contribution >= 4 is 17.9 Å². The third kappa shape index (κ3) is 3.25. The molecule has 114 valence electrons. The fourth-order valence-electron chi connectivity index (χ4n) is 2.23. The van der Waals surface area contributed by atoms with Gasteiger partial charge in [-0.3, -0.25) is 4.79 Å². The van der Waals surface area contributed by atoms with Gasteiger partial charge >= 0.3 is 0 Å². The largest absolute Gasteiger partial charge is 0.493 e. The summed E-state index contributed by atoms with van der Waals surface area (Å²) in [5.74, 6) is 1.31. The summed E-state index contributed by atoms with van der Waals surface area (Å²) >= 11 is 6.30. The van der Waals surface area contributed by atoms with Crippen molar-refractivity contribution in [1.29, 1.82) is 0 Å². The molecule has 1 aliphatic carbocycles. The van der Waals surface area contributed by atoms with E-state index in [9.17, 15) is 4.79 Å². The first kappa shape index (κ1) is 14.9. The molecule has 0 atom stereocenters. The standard InChI is InChI=1S/C18H17ClO3/c1-2-21-18-10-13(3-4-14(18)11-20)12-5-8-17(16(19)9-12)22-15-6-7-15/h3-5,8-11,15H,2,6-7H2,1H3. The highest BCUT2D eigenvalue weighted by Gasteiger charge is 2.24. The predicted octanol–water partition coefficient (Wildman–Crippen LogP) is 4.76. The van der Waals surface area contributed by atoms with Crippen LogP contribution in [0.2, 0.25) is 5.02 Å². The van der Waals surface area contributed by atoms with Crippen LogP contribution in [-0.4, -0.2) is 19.0 Å². The first-order valence-electron chi connectivity index (χ1n) is 7.40. The van der Waals surface area contributed by atoms with Gasteiger partial charge in [0.05, 0.1) is 23.3 Å². The lowest BCUT2D eigenvalue weighted by atomic mass is 10.0. The Morgan fingerprint density at radius 3 is 2.50 bits per heavy atom. The number of benzene rings is 2. The van der Waals surface area contributed by atoms with Crippen LogP contribution >= 0.6 is 11.6 Å². The summed E-state index contributed by atoms with van der Waals surface area (Å²) in [6.45, 7) is 2.40. The third-order valence-electron chi connectivity index (χ3n) is 3.52. The second kappa shape index (κ2) is 6.41. The van der Waals surface area contributed by atoms with Crippen LogP contribution in [-0.2, 0) is 0 Å². The molecule has 3 nitrogen and oxygen atoms in total. The molecule has 0 aliphatic heterocycles. The Morgan fingerprint density at radius 1 is 1.14 bits per heavy atom. The molecule has 0 amide bonds. The molecule has 0 aromatic heterocycles. The molecule has 4 heteroatoms. The fourth-order valence-corrected chi connectivity index (χ4v) is 2.46. The Labute approximate surface area is 134 Å². The highest BCUT2D eigenvalue weighted by atomic mass is 35.5. The maximum Gasteiger partial charge on any atom is 0.153 e. The number of aldehydes is 1. The second-order valence-corrected chi connectivity index (χ2v) is 5.67. The average Bonchev–Trinajstić information content (AvgIpc) is 3.34. The van der Waals surface area contributed by atoms with Crippen LogP contribution in [0.4, 0.5) is 0 Å². The molecular weight excluding hydrogens is 300 g/mol. The van der Waals surface area contributed by atoms with Crippen molar-refractivity contribution in [2.75, 3.05) is 6.61 Å². The number of rotatable bonds is 6. The predicted molar refractivity (Wildman–Crippen MR) is 87.1 cm³/mol. The quantitative estimate of drug-likeness (QED) is 0.721. The monoisotopic (exact) mass is 316 g/mol. The van der Waals surface area contributed by atoms with E-state index in [1.165, 1.54) is 0 Å². The SMILES string of the molecule is CCOc1cc(-c2ccc(OC3CC3)c(Cl)c2)ccc1C=O. The zero-order valence-electron chi connectivity index (χ0n) is 12.3. The Bertz CT molecular complexity index is 693. The minimum absolute atomic E-state index is 0.319. The average molecular weight is 317 g/mol. The first-order valence-corrected chi connectivity index (χ1v) is 7.77. The summed E-state index contributed by atoms with van der Waals surface area (Å²) in [6, 6.07) is 11.2. The minimum atomic E-state index is 0.319. The normalized spacial score (nSPS) is 13.7. The smallest absolute Gasteiger partial charge is 0.153 e. The Hall–Kier alpha value is -2.00. The van der Waals surface area contributed by atoms with Gasteiger partial charge in [-0.15, -0.1) is 0 Å². The van der Waals surface area contributed by atoms with Gasteiger partial charge in [0.15, 0.2) is 6.29 Å². The summed E-state index contributed by atoms with van der Waals surface area (Å²) in [5, 5.41) is 0.599. The molecule has 3 rings (SSSR count). The van der Waals surface area contributed by atoms with Gasteiger partial charge in [-0.25, -0.2) is 0 Å². The van der Waals surface area contributed by atoms with Gasteiger partial charge in [0.2, 0.25) is 0 Å². The molecule has 0 radical (unpaired) electrons. The number of carbonyl (C=O) groups is 1. The van der Waals surface area contributed by atoms with Crippen molar-refractivity contribution in [1.82, 2.24) is 0 Å². The van der Waals surface area contributed by atoms with Crippen LogP contribution in [0.5, 0.6) is 11.5 Å². The van der Waals surface area contributed by atoms with Gasteiger partial charge in [-0.2, -0.15) is 0 Å². The van der Waals surface area contributed by atoms with Gasteiger partial charge in [0, 0.05) is 0 Å². The van der Waals surface area contributed by atoms with E-state index in [4.69, 9.17) is 21.1 Å². The maximum absolute atomic E-state index is 11.0. The Morgan fingerprint density at radius 2 is 1.86 bits per heavy atom. The van der Waals surface area contributed by atoms with Crippen LogP contribution in [0.1, 0.15) is 30.1 Å². The van der Waals surface area contributed by atoms with Gasteiger partial charge in [-0.1, -0.05) is 23.7 Å². The second-order valence-electron chi connectivity index (χ2n) is 5.27. The lowest BCUT2D eigenvalue weighted by Gasteiger charge is -2.11. The summed E-state index contributed by atoms with van der Waals surface area (Å²) in [5.41, 5.74) is 2.46. The van der Waals surface area contributed by atoms with E-state index in [1.807, 2.05) is 37.3 Å². The maximum atomic E-state index is 11.0. The van der Waals surface area contributed by atoms with E-state index in [2.05, 4.69) is 0 Å². The molecule has 0 heterocycles. The highest BCUT2D eigenvalue weighted by Crippen LogP contribution is 2.35.